The van der Waals surface area contributed by atoms with Crippen LogP contribution in [0.25, 0.3) is 0 Å². The number of rotatable bonds is 1. The SMILES string of the molecule is O=C1C=C(O)CC(CO)C1. The van der Waals surface area contributed by atoms with E-state index < -0.39 is 0 Å². The summed E-state index contributed by atoms with van der Waals surface area (Å²) in [6.07, 6.45) is 2.02. The number of hydrogen-bond acceptors (Lipinski definition) is 3. The molecule has 0 saturated heterocycles. The maximum absolute atomic E-state index is 10.7. The van der Waals surface area contributed by atoms with Crippen LogP contribution in [-0.4, -0.2) is 22.6 Å². The van der Waals surface area contributed by atoms with Crippen LogP contribution in [0.2, 0.25) is 0 Å². The number of hydrogen-bond donors (Lipinski definition) is 2. The van der Waals surface area contributed by atoms with Crippen LogP contribution in [0.5, 0.6) is 0 Å². The van der Waals surface area contributed by atoms with Crippen LogP contribution in [-0.2, 0) is 4.79 Å². The summed E-state index contributed by atoms with van der Waals surface area (Å²) >= 11 is 0. The fourth-order valence-corrected chi connectivity index (χ4v) is 1.09. The van der Waals surface area contributed by atoms with Gasteiger partial charge in [0.15, 0.2) is 5.78 Å². The number of carbonyl (C=O) groups excluding carboxylic acids is 1. The molecule has 1 aliphatic rings. The van der Waals surface area contributed by atoms with E-state index in [1.807, 2.05) is 0 Å². The highest BCUT2D eigenvalue weighted by Crippen LogP contribution is 2.19. The Kier molecular flexibility index (Phi) is 2.06. The Hall–Kier alpha value is -0.830. The van der Waals surface area contributed by atoms with Crippen molar-refractivity contribution in [1.82, 2.24) is 0 Å². The number of allylic oxidation sites excluding steroid dienone is 2. The van der Waals surface area contributed by atoms with Gasteiger partial charge in [-0.25, -0.2) is 0 Å². The Balaban J connectivity index is 2.60. The van der Waals surface area contributed by atoms with Gasteiger partial charge in [0.25, 0.3) is 0 Å². The molecule has 3 heteroatoms. The molecule has 0 fully saturated rings. The zero-order valence-corrected chi connectivity index (χ0v) is 5.58. The van der Waals surface area contributed by atoms with Gasteiger partial charge in [-0.2, -0.15) is 0 Å². The molecule has 0 saturated carbocycles. The predicted octanol–water partition coefficient (Wildman–Crippen LogP) is 0.400. The summed E-state index contributed by atoms with van der Waals surface area (Å²) in [6, 6.07) is 0. The van der Waals surface area contributed by atoms with Crippen LogP contribution in [0.1, 0.15) is 12.8 Å². The molecule has 0 amide bonds. The average Bonchev–Trinajstić information content (AvgIpc) is 1.85. The topological polar surface area (TPSA) is 57.5 Å². The van der Waals surface area contributed by atoms with Gasteiger partial charge in [-0.15, -0.1) is 0 Å². The van der Waals surface area contributed by atoms with E-state index >= 15 is 0 Å². The van der Waals surface area contributed by atoms with E-state index in [9.17, 15) is 4.79 Å². The molecule has 1 unspecified atom stereocenters. The van der Waals surface area contributed by atoms with Gasteiger partial charge in [-0.1, -0.05) is 0 Å². The molecular weight excluding hydrogens is 132 g/mol. The number of aliphatic hydroxyl groups is 2. The fourth-order valence-electron chi connectivity index (χ4n) is 1.09. The molecule has 1 atom stereocenters. The predicted molar refractivity (Wildman–Crippen MR) is 35.5 cm³/mol. The highest BCUT2D eigenvalue weighted by atomic mass is 16.3. The largest absolute Gasteiger partial charge is 0.512 e. The summed E-state index contributed by atoms with van der Waals surface area (Å²) in [6.45, 7) is -0.0242. The lowest BCUT2D eigenvalue weighted by atomic mass is 9.93. The third kappa shape index (κ3) is 1.57. The van der Waals surface area contributed by atoms with E-state index in [2.05, 4.69) is 0 Å². The molecule has 0 aliphatic heterocycles. The minimum Gasteiger partial charge on any atom is -0.512 e. The normalized spacial score (nSPS) is 26.3. The second-order valence-electron chi connectivity index (χ2n) is 2.56. The molecule has 0 aromatic rings. The summed E-state index contributed by atoms with van der Waals surface area (Å²) in [5, 5.41) is 17.5. The fraction of sp³-hybridized carbons (Fsp3) is 0.571. The van der Waals surface area contributed by atoms with Crippen LogP contribution in [0, 0.1) is 5.92 Å². The molecule has 3 nitrogen and oxygen atoms in total. The first-order chi connectivity index (χ1) is 4.72. The first-order valence-electron chi connectivity index (χ1n) is 3.25. The van der Waals surface area contributed by atoms with Crippen molar-refractivity contribution in [3.05, 3.63) is 11.8 Å². The second-order valence-corrected chi connectivity index (χ2v) is 2.56. The van der Waals surface area contributed by atoms with E-state index in [0.29, 0.717) is 12.8 Å². The maximum atomic E-state index is 10.7. The van der Waals surface area contributed by atoms with E-state index in [1.54, 1.807) is 0 Å². The van der Waals surface area contributed by atoms with Crippen molar-refractivity contribution in [2.45, 2.75) is 12.8 Å². The molecule has 0 aromatic carbocycles. The molecule has 1 rings (SSSR count). The van der Waals surface area contributed by atoms with Crippen molar-refractivity contribution >= 4 is 5.78 Å². The van der Waals surface area contributed by atoms with Crippen LogP contribution in [0.15, 0.2) is 11.8 Å². The molecule has 0 spiro atoms. The van der Waals surface area contributed by atoms with E-state index in [4.69, 9.17) is 10.2 Å². The smallest absolute Gasteiger partial charge is 0.159 e. The molecule has 0 bridgehead atoms. The molecule has 0 heterocycles. The maximum Gasteiger partial charge on any atom is 0.159 e. The summed E-state index contributed by atoms with van der Waals surface area (Å²) in [4.78, 5) is 10.7. The van der Waals surface area contributed by atoms with Crippen LogP contribution in [0.4, 0.5) is 0 Å². The third-order valence-electron chi connectivity index (χ3n) is 1.57. The first kappa shape index (κ1) is 7.28. The summed E-state index contributed by atoms with van der Waals surface area (Å²) in [5.74, 6) is -0.0735. The molecule has 2 N–H and O–H groups in total. The van der Waals surface area contributed by atoms with Crippen LogP contribution < -0.4 is 0 Å². The summed E-state index contributed by atoms with van der Waals surface area (Å²) in [7, 11) is 0. The van der Waals surface area contributed by atoms with Crippen molar-refractivity contribution in [3.63, 3.8) is 0 Å². The highest BCUT2D eigenvalue weighted by Gasteiger charge is 2.18. The zero-order valence-electron chi connectivity index (χ0n) is 5.58. The lowest BCUT2D eigenvalue weighted by Crippen LogP contribution is -2.16. The average molecular weight is 142 g/mol. The molecule has 1 aliphatic carbocycles. The van der Waals surface area contributed by atoms with Crippen LogP contribution >= 0.6 is 0 Å². The molecule has 10 heavy (non-hydrogen) atoms. The van der Waals surface area contributed by atoms with Crippen molar-refractivity contribution < 1.29 is 15.0 Å². The monoisotopic (exact) mass is 142 g/mol. The molecular formula is C7H10O3. The first-order valence-corrected chi connectivity index (χ1v) is 3.25. The van der Waals surface area contributed by atoms with Gasteiger partial charge in [0.1, 0.15) is 0 Å². The van der Waals surface area contributed by atoms with Gasteiger partial charge >= 0.3 is 0 Å². The summed E-state index contributed by atoms with van der Waals surface area (Å²) < 4.78 is 0. The van der Waals surface area contributed by atoms with Gasteiger partial charge in [-0.3, -0.25) is 4.79 Å². The Labute approximate surface area is 59.0 Å². The Morgan fingerprint density at radius 3 is 2.80 bits per heavy atom. The van der Waals surface area contributed by atoms with Crippen LogP contribution in [0.3, 0.4) is 0 Å². The number of ketones is 1. The van der Waals surface area contributed by atoms with E-state index in [1.165, 1.54) is 6.08 Å². The number of carbonyl (C=O) groups is 1. The molecule has 56 valence electrons. The van der Waals surface area contributed by atoms with Crippen molar-refractivity contribution in [2.24, 2.45) is 5.92 Å². The molecule has 0 aromatic heterocycles. The minimum absolute atomic E-state index is 0.0242. The van der Waals surface area contributed by atoms with Crippen molar-refractivity contribution in [3.8, 4) is 0 Å². The summed E-state index contributed by atoms with van der Waals surface area (Å²) in [5.41, 5.74) is 0. The van der Waals surface area contributed by atoms with E-state index in [-0.39, 0.29) is 24.1 Å². The highest BCUT2D eigenvalue weighted by molar-refractivity contribution is 5.91. The third-order valence-corrected chi connectivity index (χ3v) is 1.57. The van der Waals surface area contributed by atoms with Gasteiger partial charge in [0, 0.05) is 25.5 Å². The Bertz CT molecular complexity index is 172. The number of aliphatic hydroxyl groups excluding tert-OH is 2. The van der Waals surface area contributed by atoms with Gasteiger partial charge < -0.3 is 10.2 Å². The van der Waals surface area contributed by atoms with Gasteiger partial charge in [0.2, 0.25) is 0 Å². The van der Waals surface area contributed by atoms with Crippen molar-refractivity contribution in [1.29, 1.82) is 0 Å². The van der Waals surface area contributed by atoms with Gasteiger partial charge in [-0.05, 0) is 5.92 Å². The van der Waals surface area contributed by atoms with Crippen molar-refractivity contribution in [2.75, 3.05) is 6.61 Å². The Morgan fingerprint density at radius 2 is 2.30 bits per heavy atom. The minimum atomic E-state index is -0.0946. The quantitative estimate of drug-likeness (QED) is 0.557. The van der Waals surface area contributed by atoms with E-state index in [0.717, 1.165) is 0 Å². The lowest BCUT2D eigenvalue weighted by Gasteiger charge is -2.15. The van der Waals surface area contributed by atoms with Gasteiger partial charge in [0.05, 0.1) is 5.76 Å². The lowest BCUT2D eigenvalue weighted by molar-refractivity contribution is -0.116. The molecule has 0 radical (unpaired) electrons. The second kappa shape index (κ2) is 2.84. The Morgan fingerprint density at radius 1 is 1.60 bits per heavy atom. The standard InChI is InChI=1S/C7H10O3/c8-4-5-1-6(9)3-7(10)2-5/h3,5,8-9H,1-2,4H2. The zero-order chi connectivity index (χ0) is 7.56.